The molecule has 1 fully saturated rings. The standard InChI is InChI=1S/C14H20ClNO2/c1-18-14(7-4-8-14)10-16-9-13(17)11-5-2-3-6-12(11)15/h2-3,5-6,13,16-17H,4,7-10H2,1H3. The minimum Gasteiger partial charge on any atom is -0.387 e. The van der Waals surface area contributed by atoms with E-state index in [9.17, 15) is 5.11 Å². The molecule has 0 radical (unpaired) electrons. The average molecular weight is 270 g/mol. The van der Waals surface area contributed by atoms with Crippen molar-refractivity contribution in [1.29, 1.82) is 0 Å². The summed E-state index contributed by atoms with van der Waals surface area (Å²) in [7, 11) is 1.76. The number of rotatable bonds is 6. The number of nitrogens with one attached hydrogen (secondary N) is 1. The largest absolute Gasteiger partial charge is 0.387 e. The summed E-state index contributed by atoms with van der Waals surface area (Å²) in [6, 6.07) is 7.39. The van der Waals surface area contributed by atoms with Crippen LogP contribution in [0.2, 0.25) is 5.02 Å². The molecule has 0 aromatic heterocycles. The van der Waals surface area contributed by atoms with Gasteiger partial charge < -0.3 is 15.2 Å². The maximum Gasteiger partial charge on any atom is 0.0928 e. The van der Waals surface area contributed by atoms with E-state index in [4.69, 9.17) is 16.3 Å². The van der Waals surface area contributed by atoms with E-state index in [1.807, 2.05) is 18.2 Å². The van der Waals surface area contributed by atoms with E-state index in [1.165, 1.54) is 6.42 Å². The van der Waals surface area contributed by atoms with Gasteiger partial charge >= 0.3 is 0 Å². The maximum absolute atomic E-state index is 10.1. The Morgan fingerprint density at radius 2 is 2.17 bits per heavy atom. The molecule has 1 aromatic carbocycles. The SMILES string of the molecule is COC1(CNCC(O)c2ccccc2Cl)CCC1. The summed E-state index contributed by atoms with van der Waals surface area (Å²) in [4.78, 5) is 0. The highest BCUT2D eigenvalue weighted by atomic mass is 35.5. The van der Waals surface area contributed by atoms with E-state index < -0.39 is 6.10 Å². The Morgan fingerprint density at radius 1 is 1.44 bits per heavy atom. The van der Waals surface area contributed by atoms with Crippen LogP contribution in [0.25, 0.3) is 0 Å². The fourth-order valence-corrected chi connectivity index (χ4v) is 2.58. The molecule has 0 aliphatic heterocycles. The first kappa shape index (κ1) is 13.8. The van der Waals surface area contributed by atoms with Crippen molar-refractivity contribution in [2.75, 3.05) is 20.2 Å². The molecular weight excluding hydrogens is 250 g/mol. The van der Waals surface area contributed by atoms with Crippen LogP contribution in [0.15, 0.2) is 24.3 Å². The highest BCUT2D eigenvalue weighted by Crippen LogP contribution is 2.34. The van der Waals surface area contributed by atoms with Gasteiger partial charge in [0.15, 0.2) is 0 Å². The summed E-state index contributed by atoms with van der Waals surface area (Å²) in [5.41, 5.74) is 0.756. The van der Waals surface area contributed by atoms with E-state index in [-0.39, 0.29) is 5.60 Å². The molecule has 18 heavy (non-hydrogen) atoms. The molecule has 1 atom stereocenters. The second-order valence-electron chi connectivity index (χ2n) is 4.91. The monoisotopic (exact) mass is 269 g/mol. The van der Waals surface area contributed by atoms with Crippen LogP contribution in [-0.2, 0) is 4.74 Å². The van der Waals surface area contributed by atoms with Crippen LogP contribution in [-0.4, -0.2) is 30.9 Å². The van der Waals surface area contributed by atoms with Crippen LogP contribution in [0.5, 0.6) is 0 Å². The molecule has 2 N–H and O–H groups in total. The molecule has 2 rings (SSSR count). The van der Waals surface area contributed by atoms with Gasteiger partial charge in [-0.25, -0.2) is 0 Å². The molecule has 0 saturated heterocycles. The number of halogens is 1. The molecule has 1 unspecified atom stereocenters. The molecule has 3 nitrogen and oxygen atoms in total. The molecule has 0 heterocycles. The third-order valence-corrected chi connectivity index (χ3v) is 4.09. The lowest BCUT2D eigenvalue weighted by atomic mass is 9.80. The Bertz CT molecular complexity index is 388. The number of benzene rings is 1. The van der Waals surface area contributed by atoms with Gasteiger partial charge in [0, 0.05) is 30.8 Å². The first-order chi connectivity index (χ1) is 8.67. The van der Waals surface area contributed by atoms with Crippen LogP contribution in [0, 0.1) is 0 Å². The Labute approximate surface area is 113 Å². The van der Waals surface area contributed by atoms with Gasteiger partial charge in [-0.15, -0.1) is 0 Å². The van der Waals surface area contributed by atoms with Gasteiger partial charge in [0.1, 0.15) is 0 Å². The summed E-state index contributed by atoms with van der Waals surface area (Å²) in [5.74, 6) is 0. The van der Waals surface area contributed by atoms with Crippen LogP contribution < -0.4 is 5.32 Å². The van der Waals surface area contributed by atoms with Crippen LogP contribution in [0.4, 0.5) is 0 Å². The highest BCUT2D eigenvalue weighted by Gasteiger charge is 2.36. The first-order valence-electron chi connectivity index (χ1n) is 6.35. The van der Waals surface area contributed by atoms with E-state index in [0.717, 1.165) is 24.9 Å². The van der Waals surface area contributed by atoms with Gasteiger partial charge in [-0.3, -0.25) is 0 Å². The minimum absolute atomic E-state index is 0.0137. The molecular formula is C14H20ClNO2. The Hall–Kier alpha value is -0.610. The molecule has 1 aliphatic carbocycles. The lowest BCUT2D eigenvalue weighted by Crippen LogP contribution is -2.48. The average Bonchev–Trinajstić information content (AvgIpc) is 2.33. The quantitative estimate of drug-likeness (QED) is 0.834. The zero-order valence-corrected chi connectivity index (χ0v) is 11.4. The number of methoxy groups -OCH3 is 1. The minimum atomic E-state index is -0.576. The van der Waals surface area contributed by atoms with Crippen molar-refractivity contribution in [3.8, 4) is 0 Å². The normalized spacial score (nSPS) is 19.3. The summed E-state index contributed by atoms with van der Waals surface area (Å²) in [6.45, 7) is 1.28. The van der Waals surface area contributed by atoms with Crippen molar-refractivity contribution >= 4 is 11.6 Å². The molecule has 1 saturated carbocycles. The summed E-state index contributed by atoms with van der Waals surface area (Å²) in [6.07, 6.45) is 2.84. The number of aliphatic hydroxyl groups excluding tert-OH is 1. The highest BCUT2D eigenvalue weighted by molar-refractivity contribution is 6.31. The predicted molar refractivity (Wildman–Crippen MR) is 72.9 cm³/mol. The molecule has 1 aliphatic rings. The molecule has 1 aromatic rings. The molecule has 0 amide bonds. The maximum atomic E-state index is 10.1. The number of hydrogen-bond donors (Lipinski definition) is 2. The van der Waals surface area contributed by atoms with Crippen molar-refractivity contribution in [3.05, 3.63) is 34.9 Å². The Kier molecular flexibility index (Phi) is 4.62. The van der Waals surface area contributed by atoms with Crippen molar-refractivity contribution in [2.45, 2.75) is 31.0 Å². The smallest absolute Gasteiger partial charge is 0.0928 e. The lowest BCUT2D eigenvalue weighted by Gasteiger charge is -2.40. The first-order valence-corrected chi connectivity index (χ1v) is 6.73. The van der Waals surface area contributed by atoms with Gasteiger partial charge in [-0.05, 0) is 25.3 Å². The Balaban J connectivity index is 1.82. The number of hydrogen-bond acceptors (Lipinski definition) is 3. The van der Waals surface area contributed by atoms with Crippen LogP contribution in [0.3, 0.4) is 0 Å². The molecule has 4 heteroatoms. The zero-order chi connectivity index (χ0) is 13.0. The van der Waals surface area contributed by atoms with Crippen molar-refractivity contribution in [3.63, 3.8) is 0 Å². The number of aliphatic hydroxyl groups is 1. The van der Waals surface area contributed by atoms with E-state index in [2.05, 4.69) is 5.32 Å². The lowest BCUT2D eigenvalue weighted by molar-refractivity contribution is -0.0703. The van der Waals surface area contributed by atoms with Crippen molar-refractivity contribution in [1.82, 2.24) is 5.32 Å². The summed E-state index contributed by atoms with van der Waals surface area (Å²) < 4.78 is 5.51. The Morgan fingerprint density at radius 3 is 2.72 bits per heavy atom. The topological polar surface area (TPSA) is 41.5 Å². The van der Waals surface area contributed by atoms with Gasteiger partial charge in [-0.1, -0.05) is 29.8 Å². The fraction of sp³-hybridized carbons (Fsp3) is 0.571. The van der Waals surface area contributed by atoms with Gasteiger partial charge in [-0.2, -0.15) is 0 Å². The van der Waals surface area contributed by atoms with Crippen LogP contribution in [0.1, 0.15) is 30.9 Å². The predicted octanol–water partition coefficient (Wildman–Crippen LogP) is 2.53. The summed E-state index contributed by atoms with van der Waals surface area (Å²) in [5, 5.41) is 14.0. The molecule has 100 valence electrons. The van der Waals surface area contributed by atoms with Crippen molar-refractivity contribution < 1.29 is 9.84 Å². The number of ether oxygens (including phenoxy) is 1. The molecule has 0 bridgehead atoms. The van der Waals surface area contributed by atoms with Crippen LogP contribution >= 0.6 is 11.6 Å². The third-order valence-electron chi connectivity index (χ3n) is 3.75. The third kappa shape index (κ3) is 3.04. The van der Waals surface area contributed by atoms with Crippen molar-refractivity contribution in [2.24, 2.45) is 0 Å². The van der Waals surface area contributed by atoms with E-state index in [0.29, 0.717) is 11.6 Å². The zero-order valence-electron chi connectivity index (χ0n) is 10.7. The fourth-order valence-electron chi connectivity index (χ4n) is 2.32. The van der Waals surface area contributed by atoms with Gasteiger partial charge in [0.2, 0.25) is 0 Å². The molecule has 0 spiro atoms. The van der Waals surface area contributed by atoms with Gasteiger partial charge in [0.25, 0.3) is 0 Å². The van der Waals surface area contributed by atoms with Gasteiger partial charge in [0.05, 0.1) is 11.7 Å². The second kappa shape index (κ2) is 6.02. The van der Waals surface area contributed by atoms with E-state index >= 15 is 0 Å². The second-order valence-corrected chi connectivity index (χ2v) is 5.32. The van der Waals surface area contributed by atoms with E-state index in [1.54, 1.807) is 13.2 Å². The summed E-state index contributed by atoms with van der Waals surface area (Å²) >= 11 is 6.04.